The second-order valence-corrected chi connectivity index (χ2v) is 5.08. The van der Waals surface area contributed by atoms with Gasteiger partial charge in [0.25, 0.3) is 0 Å². The number of methoxy groups -OCH3 is 1. The molecular formula is C15H19NO4. The van der Waals surface area contributed by atoms with E-state index in [0.29, 0.717) is 23.3 Å². The highest BCUT2D eigenvalue weighted by molar-refractivity contribution is 5.89. The number of carbonyl (C=O) groups is 2. The number of aldehydes is 1. The van der Waals surface area contributed by atoms with E-state index in [9.17, 15) is 9.59 Å². The van der Waals surface area contributed by atoms with Crippen LogP contribution in [0, 0.1) is 0 Å². The van der Waals surface area contributed by atoms with Gasteiger partial charge in [-0.05, 0) is 50.6 Å². The second-order valence-electron chi connectivity index (χ2n) is 5.08. The largest absolute Gasteiger partial charge is 0.497 e. The summed E-state index contributed by atoms with van der Waals surface area (Å²) < 4.78 is 10.3. The van der Waals surface area contributed by atoms with Crippen molar-refractivity contribution in [3.05, 3.63) is 29.8 Å². The van der Waals surface area contributed by atoms with Gasteiger partial charge in [0.2, 0.25) is 0 Å². The van der Waals surface area contributed by atoms with E-state index in [1.54, 1.807) is 45.0 Å². The van der Waals surface area contributed by atoms with Crippen molar-refractivity contribution < 1.29 is 19.1 Å². The molecule has 0 aliphatic carbocycles. The Morgan fingerprint density at radius 2 is 2.00 bits per heavy atom. The molecule has 0 unspecified atom stereocenters. The molecule has 0 saturated heterocycles. The van der Waals surface area contributed by atoms with Crippen molar-refractivity contribution in [2.75, 3.05) is 12.4 Å². The lowest BCUT2D eigenvalue weighted by Crippen LogP contribution is -2.27. The van der Waals surface area contributed by atoms with E-state index >= 15 is 0 Å². The molecule has 108 valence electrons. The van der Waals surface area contributed by atoms with Crippen molar-refractivity contribution in [2.24, 2.45) is 0 Å². The number of benzene rings is 1. The van der Waals surface area contributed by atoms with Crippen LogP contribution >= 0.6 is 0 Å². The molecule has 0 fully saturated rings. The molecule has 0 radical (unpaired) electrons. The molecule has 20 heavy (non-hydrogen) atoms. The Balaban J connectivity index is 2.98. The zero-order valence-corrected chi connectivity index (χ0v) is 12.1. The zero-order valence-electron chi connectivity index (χ0n) is 12.1. The first-order valence-corrected chi connectivity index (χ1v) is 6.15. The predicted octanol–water partition coefficient (Wildman–Crippen LogP) is 3.25. The Labute approximate surface area is 118 Å². The average Bonchev–Trinajstić information content (AvgIpc) is 2.34. The van der Waals surface area contributed by atoms with Gasteiger partial charge in [-0.25, -0.2) is 4.79 Å². The minimum absolute atomic E-state index is 0.511. The molecule has 0 aliphatic heterocycles. The number of carbonyl (C=O) groups excluding carboxylic acids is 2. The normalized spacial score (nSPS) is 11.2. The third-order valence-electron chi connectivity index (χ3n) is 2.25. The summed E-state index contributed by atoms with van der Waals surface area (Å²) in [6, 6.07) is 5.14. The van der Waals surface area contributed by atoms with Crippen LogP contribution in [0.25, 0.3) is 6.08 Å². The van der Waals surface area contributed by atoms with Crippen LogP contribution in [0.4, 0.5) is 10.5 Å². The van der Waals surface area contributed by atoms with E-state index in [2.05, 4.69) is 5.32 Å². The van der Waals surface area contributed by atoms with Crippen molar-refractivity contribution in [3.8, 4) is 5.75 Å². The number of hydrogen-bond acceptors (Lipinski definition) is 4. The van der Waals surface area contributed by atoms with Gasteiger partial charge in [0.15, 0.2) is 0 Å². The quantitative estimate of drug-likeness (QED) is 0.677. The summed E-state index contributed by atoms with van der Waals surface area (Å²) in [5, 5.41) is 2.64. The highest BCUT2D eigenvalue weighted by Crippen LogP contribution is 2.24. The molecule has 0 atom stereocenters. The molecule has 0 saturated carbocycles. The summed E-state index contributed by atoms with van der Waals surface area (Å²) in [6.45, 7) is 5.35. The second kappa shape index (κ2) is 6.75. The summed E-state index contributed by atoms with van der Waals surface area (Å²) in [7, 11) is 1.54. The van der Waals surface area contributed by atoms with Gasteiger partial charge in [-0.2, -0.15) is 0 Å². The van der Waals surface area contributed by atoms with Crippen LogP contribution in [0.3, 0.4) is 0 Å². The predicted molar refractivity (Wildman–Crippen MR) is 77.9 cm³/mol. The van der Waals surface area contributed by atoms with Gasteiger partial charge in [-0.1, -0.05) is 0 Å². The fourth-order valence-corrected chi connectivity index (χ4v) is 1.47. The Kier molecular flexibility index (Phi) is 5.32. The lowest BCUT2D eigenvalue weighted by atomic mass is 10.1. The smallest absolute Gasteiger partial charge is 0.412 e. The average molecular weight is 277 g/mol. The van der Waals surface area contributed by atoms with Crippen molar-refractivity contribution >= 4 is 24.1 Å². The standard InChI is InChI=1S/C15H19NO4/c1-15(2,3)20-14(18)16-13-10-12(19-4)8-7-11(13)6-5-9-17/h5-10H,1-4H3,(H,16,18)/b6-5+. The number of allylic oxidation sites excluding steroid dienone is 1. The molecule has 1 amide bonds. The monoisotopic (exact) mass is 277 g/mol. The highest BCUT2D eigenvalue weighted by Gasteiger charge is 2.17. The minimum atomic E-state index is -0.582. The molecule has 0 aliphatic rings. The van der Waals surface area contributed by atoms with E-state index in [-0.39, 0.29) is 0 Å². The van der Waals surface area contributed by atoms with Gasteiger partial charge >= 0.3 is 6.09 Å². The Hall–Kier alpha value is -2.30. The maximum Gasteiger partial charge on any atom is 0.412 e. The lowest BCUT2D eigenvalue weighted by Gasteiger charge is -2.20. The van der Waals surface area contributed by atoms with Crippen LogP contribution in [-0.2, 0) is 9.53 Å². The molecule has 0 heterocycles. The summed E-state index contributed by atoms with van der Waals surface area (Å²) >= 11 is 0. The molecule has 0 bridgehead atoms. The molecule has 5 heteroatoms. The van der Waals surface area contributed by atoms with Gasteiger partial charge in [-0.3, -0.25) is 10.1 Å². The third-order valence-corrected chi connectivity index (χ3v) is 2.25. The van der Waals surface area contributed by atoms with Crippen molar-refractivity contribution in [2.45, 2.75) is 26.4 Å². The fourth-order valence-electron chi connectivity index (χ4n) is 1.47. The van der Waals surface area contributed by atoms with Gasteiger partial charge < -0.3 is 9.47 Å². The number of anilines is 1. The summed E-state index contributed by atoms with van der Waals surface area (Å²) in [6.07, 6.45) is 3.05. The van der Waals surface area contributed by atoms with Crippen molar-refractivity contribution in [1.29, 1.82) is 0 Å². The van der Waals surface area contributed by atoms with Gasteiger partial charge in [0, 0.05) is 6.07 Å². The fraction of sp³-hybridized carbons (Fsp3) is 0.333. The number of ether oxygens (including phenoxy) is 2. The van der Waals surface area contributed by atoms with Crippen LogP contribution in [0.1, 0.15) is 26.3 Å². The molecule has 5 nitrogen and oxygen atoms in total. The maximum absolute atomic E-state index is 11.8. The topological polar surface area (TPSA) is 64.6 Å². The van der Waals surface area contributed by atoms with Crippen LogP contribution in [-0.4, -0.2) is 25.1 Å². The molecule has 1 aromatic rings. The summed E-state index contributed by atoms with van der Waals surface area (Å²) in [5.74, 6) is 0.597. The van der Waals surface area contributed by atoms with E-state index < -0.39 is 11.7 Å². The van der Waals surface area contributed by atoms with Crippen molar-refractivity contribution in [3.63, 3.8) is 0 Å². The highest BCUT2D eigenvalue weighted by atomic mass is 16.6. The van der Waals surface area contributed by atoms with Crippen molar-refractivity contribution in [1.82, 2.24) is 0 Å². The van der Waals surface area contributed by atoms with E-state index in [0.717, 1.165) is 0 Å². The van der Waals surface area contributed by atoms with Crippen LogP contribution in [0.5, 0.6) is 5.75 Å². The van der Waals surface area contributed by atoms with Crippen LogP contribution in [0.2, 0.25) is 0 Å². The molecular weight excluding hydrogens is 258 g/mol. The molecule has 1 rings (SSSR count). The SMILES string of the molecule is COc1ccc(/C=C/C=O)c(NC(=O)OC(C)(C)C)c1. The van der Waals surface area contributed by atoms with Gasteiger partial charge in [-0.15, -0.1) is 0 Å². The molecule has 0 aromatic heterocycles. The Morgan fingerprint density at radius 3 is 2.55 bits per heavy atom. The number of nitrogens with one attached hydrogen (secondary N) is 1. The number of amides is 1. The first kappa shape index (κ1) is 15.8. The van der Waals surface area contributed by atoms with Gasteiger partial charge in [0.05, 0.1) is 12.8 Å². The lowest BCUT2D eigenvalue weighted by molar-refractivity contribution is -0.104. The Bertz CT molecular complexity index is 515. The van der Waals surface area contributed by atoms with Gasteiger partial charge in [0.1, 0.15) is 17.6 Å². The molecule has 0 spiro atoms. The minimum Gasteiger partial charge on any atom is -0.497 e. The number of rotatable bonds is 4. The third kappa shape index (κ3) is 5.14. The molecule has 1 N–H and O–H groups in total. The summed E-state index contributed by atoms with van der Waals surface area (Å²) in [5.41, 5.74) is 0.613. The first-order chi connectivity index (χ1) is 9.35. The Morgan fingerprint density at radius 1 is 1.30 bits per heavy atom. The van der Waals surface area contributed by atoms with Crippen LogP contribution < -0.4 is 10.1 Å². The zero-order chi connectivity index (χ0) is 15.2. The van der Waals surface area contributed by atoms with Crippen LogP contribution in [0.15, 0.2) is 24.3 Å². The summed E-state index contributed by atoms with van der Waals surface area (Å²) in [4.78, 5) is 22.2. The first-order valence-electron chi connectivity index (χ1n) is 6.15. The number of hydrogen-bond donors (Lipinski definition) is 1. The van der Waals surface area contributed by atoms with E-state index in [4.69, 9.17) is 9.47 Å². The molecule has 1 aromatic carbocycles. The van der Waals surface area contributed by atoms with E-state index in [1.165, 1.54) is 13.2 Å². The maximum atomic E-state index is 11.8. The van der Waals surface area contributed by atoms with E-state index in [1.807, 2.05) is 0 Å².